The van der Waals surface area contributed by atoms with Gasteiger partial charge >= 0.3 is 5.97 Å². The summed E-state index contributed by atoms with van der Waals surface area (Å²) >= 11 is 1.47. The Morgan fingerprint density at radius 2 is 2.10 bits per heavy atom. The Hall–Kier alpha value is -1.16. The van der Waals surface area contributed by atoms with Crippen molar-refractivity contribution in [2.45, 2.75) is 56.9 Å². The van der Waals surface area contributed by atoms with Crippen LogP contribution in [0.3, 0.4) is 0 Å². The van der Waals surface area contributed by atoms with Crippen molar-refractivity contribution in [2.75, 3.05) is 11.6 Å². The fourth-order valence-corrected chi connectivity index (χ4v) is 2.87. The maximum absolute atomic E-state index is 11.4. The third-order valence-corrected chi connectivity index (χ3v) is 4.13. The molecule has 0 fully saturated rings. The van der Waals surface area contributed by atoms with E-state index in [0.29, 0.717) is 11.6 Å². The van der Waals surface area contributed by atoms with Gasteiger partial charge in [-0.2, -0.15) is 0 Å². The molecule has 1 aromatic carbocycles. The highest BCUT2D eigenvalue weighted by atomic mass is 32.2. The second-order valence-electron chi connectivity index (χ2n) is 5.08. The third kappa shape index (κ3) is 5.08. The number of hydrogen-bond acceptors (Lipinski definition) is 3. The number of carboxylic acid groups (broad SMARTS) is 1. The lowest BCUT2D eigenvalue weighted by atomic mass is 10.1. The van der Waals surface area contributed by atoms with E-state index in [-0.39, 0.29) is 0 Å². The van der Waals surface area contributed by atoms with Crippen molar-refractivity contribution in [3.8, 4) is 0 Å². The molecule has 20 heavy (non-hydrogen) atoms. The van der Waals surface area contributed by atoms with E-state index in [1.165, 1.54) is 37.4 Å². The summed E-state index contributed by atoms with van der Waals surface area (Å²) in [6, 6.07) is 5.91. The van der Waals surface area contributed by atoms with Gasteiger partial charge in [-0.3, -0.25) is 0 Å². The van der Waals surface area contributed by atoms with E-state index in [2.05, 4.69) is 19.2 Å². The molecule has 0 aliphatic rings. The second-order valence-corrected chi connectivity index (χ2v) is 5.93. The molecule has 0 saturated carbocycles. The minimum Gasteiger partial charge on any atom is -0.478 e. The molecule has 0 bridgehead atoms. The Morgan fingerprint density at radius 1 is 1.35 bits per heavy atom. The quantitative estimate of drug-likeness (QED) is 0.503. The van der Waals surface area contributed by atoms with E-state index >= 15 is 0 Å². The molecule has 4 heteroatoms. The normalized spacial score (nSPS) is 12.2. The highest BCUT2D eigenvalue weighted by Crippen LogP contribution is 2.28. The van der Waals surface area contributed by atoms with Gasteiger partial charge in [0.15, 0.2) is 0 Å². The number of hydrogen-bond donors (Lipinski definition) is 2. The van der Waals surface area contributed by atoms with Crippen LogP contribution in [-0.4, -0.2) is 23.4 Å². The SMILES string of the molecule is CCCCCCC(C)Nc1cccc(SC)c1C(=O)O. The highest BCUT2D eigenvalue weighted by molar-refractivity contribution is 7.98. The Morgan fingerprint density at radius 3 is 2.70 bits per heavy atom. The van der Waals surface area contributed by atoms with Crippen molar-refractivity contribution >= 4 is 23.4 Å². The van der Waals surface area contributed by atoms with E-state index in [4.69, 9.17) is 0 Å². The average molecular weight is 295 g/mol. The molecule has 3 nitrogen and oxygen atoms in total. The fourth-order valence-electron chi connectivity index (χ4n) is 2.26. The number of nitrogens with one attached hydrogen (secondary N) is 1. The molecule has 0 radical (unpaired) electrons. The lowest BCUT2D eigenvalue weighted by molar-refractivity contribution is 0.0694. The summed E-state index contributed by atoms with van der Waals surface area (Å²) in [4.78, 5) is 12.2. The number of aromatic carboxylic acids is 1. The third-order valence-electron chi connectivity index (χ3n) is 3.35. The van der Waals surface area contributed by atoms with Crippen LogP contribution in [0, 0.1) is 0 Å². The number of unbranched alkanes of at least 4 members (excludes halogenated alkanes) is 3. The van der Waals surface area contributed by atoms with E-state index < -0.39 is 5.97 Å². The molecule has 1 aromatic rings. The summed E-state index contributed by atoms with van der Waals surface area (Å²) in [5.74, 6) is -0.865. The maximum atomic E-state index is 11.4. The van der Waals surface area contributed by atoms with Crippen LogP contribution < -0.4 is 5.32 Å². The summed E-state index contributed by atoms with van der Waals surface area (Å²) in [5.41, 5.74) is 1.12. The summed E-state index contributed by atoms with van der Waals surface area (Å²) in [5, 5.41) is 12.7. The van der Waals surface area contributed by atoms with Crippen LogP contribution in [-0.2, 0) is 0 Å². The van der Waals surface area contributed by atoms with Crippen molar-refractivity contribution in [3.05, 3.63) is 23.8 Å². The number of thioether (sulfide) groups is 1. The first kappa shape index (κ1) is 16.9. The number of carboxylic acids is 1. The standard InChI is InChI=1S/C16H25NO2S/c1-4-5-6-7-9-12(2)17-13-10-8-11-14(20-3)15(13)16(18)19/h8,10-12,17H,4-7,9H2,1-3H3,(H,18,19). The monoisotopic (exact) mass is 295 g/mol. The van der Waals surface area contributed by atoms with E-state index in [0.717, 1.165) is 17.0 Å². The summed E-state index contributed by atoms with van der Waals surface area (Å²) in [6.45, 7) is 4.32. The molecule has 0 spiro atoms. The first-order valence-corrected chi connectivity index (χ1v) is 8.49. The smallest absolute Gasteiger partial charge is 0.338 e. The molecule has 0 saturated heterocycles. The minimum atomic E-state index is -0.865. The molecule has 0 amide bonds. The zero-order valence-corrected chi connectivity index (χ0v) is 13.4. The molecule has 0 aliphatic carbocycles. The Bertz CT molecular complexity index is 434. The van der Waals surface area contributed by atoms with Crippen LogP contribution in [0.5, 0.6) is 0 Å². The van der Waals surface area contributed by atoms with Crippen LogP contribution in [0.1, 0.15) is 56.3 Å². The van der Waals surface area contributed by atoms with Gasteiger partial charge in [0.1, 0.15) is 0 Å². The van der Waals surface area contributed by atoms with Crippen molar-refractivity contribution in [1.29, 1.82) is 0 Å². The summed E-state index contributed by atoms with van der Waals surface area (Å²) < 4.78 is 0. The molecule has 1 unspecified atom stereocenters. The molecule has 0 aliphatic heterocycles. The first-order chi connectivity index (χ1) is 9.60. The average Bonchev–Trinajstić information content (AvgIpc) is 2.43. The molecular weight excluding hydrogens is 270 g/mol. The molecule has 112 valence electrons. The van der Waals surface area contributed by atoms with Crippen molar-refractivity contribution in [3.63, 3.8) is 0 Å². The minimum absolute atomic E-state index is 0.294. The summed E-state index contributed by atoms with van der Waals surface area (Å²) in [6.07, 6.45) is 7.92. The van der Waals surface area contributed by atoms with Gasteiger partial charge in [-0.25, -0.2) is 4.79 Å². The molecule has 1 atom stereocenters. The van der Waals surface area contributed by atoms with Gasteiger partial charge in [0, 0.05) is 10.9 Å². The van der Waals surface area contributed by atoms with Crippen molar-refractivity contribution < 1.29 is 9.90 Å². The molecule has 0 heterocycles. The number of anilines is 1. The van der Waals surface area contributed by atoms with Crippen LogP contribution in [0.4, 0.5) is 5.69 Å². The van der Waals surface area contributed by atoms with Crippen LogP contribution in [0.2, 0.25) is 0 Å². The molecule has 2 N–H and O–H groups in total. The first-order valence-electron chi connectivity index (χ1n) is 7.27. The van der Waals surface area contributed by atoms with Crippen molar-refractivity contribution in [1.82, 2.24) is 0 Å². The van der Waals surface area contributed by atoms with Crippen molar-refractivity contribution in [2.24, 2.45) is 0 Å². The Labute approximate surface area is 126 Å². The van der Waals surface area contributed by atoms with Gasteiger partial charge in [0.2, 0.25) is 0 Å². The number of rotatable bonds is 9. The van der Waals surface area contributed by atoms with Gasteiger partial charge in [0.05, 0.1) is 11.3 Å². The lowest BCUT2D eigenvalue weighted by Gasteiger charge is -2.18. The number of carbonyl (C=O) groups is 1. The van der Waals surface area contributed by atoms with E-state index in [1.807, 2.05) is 24.5 Å². The van der Waals surface area contributed by atoms with Crippen LogP contribution in [0.25, 0.3) is 0 Å². The summed E-state index contributed by atoms with van der Waals surface area (Å²) in [7, 11) is 0. The van der Waals surface area contributed by atoms with Gasteiger partial charge in [-0.1, -0.05) is 38.7 Å². The molecular formula is C16H25NO2S. The lowest BCUT2D eigenvalue weighted by Crippen LogP contribution is -2.17. The fraction of sp³-hybridized carbons (Fsp3) is 0.562. The number of benzene rings is 1. The largest absolute Gasteiger partial charge is 0.478 e. The highest BCUT2D eigenvalue weighted by Gasteiger charge is 2.16. The molecule has 0 aromatic heterocycles. The van der Waals surface area contributed by atoms with E-state index in [9.17, 15) is 9.90 Å². The Balaban J connectivity index is 2.69. The Kier molecular flexibility index (Phi) is 7.52. The van der Waals surface area contributed by atoms with Gasteiger partial charge in [0.25, 0.3) is 0 Å². The van der Waals surface area contributed by atoms with E-state index in [1.54, 1.807) is 0 Å². The van der Waals surface area contributed by atoms with Gasteiger partial charge in [-0.15, -0.1) is 11.8 Å². The predicted octanol–water partition coefficient (Wildman–Crippen LogP) is 4.88. The zero-order chi connectivity index (χ0) is 15.0. The second kappa shape index (κ2) is 8.90. The molecule has 1 rings (SSSR count). The topological polar surface area (TPSA) is 49.3 Å². The zero-order valence-electron chi connectivity index (χ0n) is 12.6. The van der Waals surface area contributed by atoms with Crippen LogP contribution in [0.15, 0.2) is 23.1 Å². The van der Waals surface area contributed by atoms with Crippen LogP contribution >= 0.6 is 11.8 Å². The predicted molar refractivity (Wildman–Crippen MR) is 87.0 cm³/mol. The maximum Gasteiger partial charge on any atom is 0.338 e. The van der Waals surface area contributed by atoms with Gasteiger partial charge in [-0.05, 0) is 31.7 Å². The van der Waals surface area contributed by atoms with Gasteiger partial charge < -0.3 is 10.4 Å².